The Balaban J connectivity index is 0.00000264. The van der Waals surface area contributed by atoms with E-state index < -0.39 is 18.1 Å². The Morgan fingerprint density at radius 1 is 0.957 bits per heavy atom. The van der Waals surface area contributed by atoms with E-state index in [1.807, 2.05) is 60.7 Å². The predicted molar refractivity (Wildman–Crippen MR) is 92.2 cm³/mol. The number of rotatable bonds is 7. The summed E-state index contributed by atoms with van der Waals surface area (Å²) in [4.78, 5) is 11.9. The van der Waals surface area contributed by atoms with E-state index in [9.17, 15) is 4.79 Å². The van der Waals surface area contributed by atoms with Gasteiger partial charge < -0.3 is 15.2 Å². The van der Waals surface area contributed by atoms with E-state index in [-0.39, 0.29) is 19.0 Å². The summed E-state index contributed by atoms with van der Waals surface area (Å²) in [7, 11) is 0. The molecular formula is C18H22ClNO3. The van der Waals surface area contributed by atoms with Gasteiger partial charge in [-0.15, -0.1) is 12.4 Å². The third-order valence-corrected chi connectivity index (χ3v) is 3.36. The van der Waals surface area contributed by atoms with E-state index in [1.165, 1.54) is 0 Å². The van der Waals surface area contributed by atoms with Crippen LogP contribution >= 0.6 is 12.4 Å². The topological polar surface area (TPSA) is 61.5 Å². The second-order valence-electron chi connectivity index (χ2n) is 5.12. The number of halogens is 1. The van der Waals surface area contributed by atoms with Crippen LogP contribution in [-0.2, 0) is 27.5 Å². The molecule has 0 heterocycles. The van der Waals surface area contributed by atoms with Crippen LogP contribution in [0.3, 0.4) is 0 Å². The molecule has 4 nitrogen and oxygen atoms in total. The summed E-state index contributed by atoms with van der Waals surface area (Å²) in [5, 5.41) is 0. The molecule has 23 heavy (non-hydrogen) atoms. The summed E-state index contributed by atoms with van der Waals surface area (Å²) >= 11 is 0. The molecule has 0 saturated carbocycles. The van der Waals surface area contributed by atoms with Gasteiger partial charge in [0.2, 0.25) is 0 Å². The van der Waals surface area contributed by atoms with Crippen molar-refractivity contribution in [2.45, 2.75) is 32.3 Å². The van der Waals surface area contributed by atoms with Crippen molar-refractivity contribution in [3.63, 3.8) is 0 Å². The number of esters is 1. The summed E-state index contributed by atoms with van der Waals surface area (Å²) in [5.74, 6) is -0.454. The number of carbonyl (C=O) groups excluding carboxylic acids is 1. The van der Waals surface area contributed by atoms with Gasteiger partial charge in [0.15, 0.2) is 0 Å². The average molecular weight is 336 g/mol. The first-order chi connectivity index (χ1) is 10.7. The lowest BCUT2D eigenvalue weighted by Gasteiger charge is -2.19. The molecule has 0 aliphatic rings. The van der Waals surface area contributed by atoms with Crippen LogP contribution in [0.2, 0.25) is 0 Å². The van der Waals surface area contributed by atoms with Crippen LogP contribution in [0.25, 0.3) is 0 Å². The Bertz CT molecular complexity index is 577. The standard InChI is InChI=1S/C18H21NO3.ClH/c1-14(21-12-15-8-4-2-5-9-15)17(19)18(20)22-13-16-10-6-3-7-11-16;/h2-11,14,17H,12-13,19H2,1H3;1H/t14?,17-;/m0./s1. The molecule has 2 rings (SSSR count). The van der Waals surface area contributed by atoms with Crippen LogP contribution in [0.1, 0.15) is 18.1 Å². The van der Waals surface area contributed by atoms with Gasteiger partial charge in [-0.3, -0.25) is 4.79 Å². The molecule has 5 heteroatoms. The van der Waals surface area contributed by atoms with Gasteiger partial charge in [-0.2, -0.15) is 0 Å². The van der Waals surface area contributed by atoms with Gasteiger partial charge in [0.1, 0.15) is 12.6 Å². The molecule has 124 valence electrons. The number of ether oxygens (including phenoxy) is 2. The second kappa shape index (κ2) is 10.0. The summed E-state index contributed by atoms with van der Waals surface area (Å²) in [6, 6.07) is 18.5. The minimum absolute atomic E-state index is 0. The molecular weight excluding hydrogens is 314 g/mol. The fourth-order valence-corrected chi connectivity index (χ4v) is 1.92. The van der Waals surface area contributed by atoms with Crippen LogP contribution < -0.4 is 5.73 Å². The van der Waals surface area contributed by atoms with Gasteiger partial charge in [0.25, 0.3) is 0 Å². The maximum atomic E-state index is 11.9. The Kier molecular flexibility index (Phi) is 8.33. The zero-order chi connectivity index (χ0) is 15.8. The summed E-state index contributed by atoms with van der Waals surface area (Å²) in [5.41, 5.74) is 7.86. The fourth-order valence-electron chi connectivity index (χ4n) is 1.92. The van der Waals surface area contributed by atoms with Crippen molar-refractivity contribution in [1.29, 1.82) is 0 Å². The van der Waals surface area contributed by atoms with Gasteiger partial charge in [0.05, 0.1) is 12.7 Å². The van der Waals surface area contributed by atoms with Crippen molar-refractivity contribution >= 4 is 18.4 Å². The number of hydrogen-bond acceptors (Lipinski definition) is 4. The number of carbonyl (C=O) groups is 1. The SMILES string of the molecule is CC(OCc1ccccc1)[C@H](N)C(=O)OCc1ccccc1.Cl. The highest BCUT2D eigenvalue weighted by Gasteiger charge is 2.23. The summed E-state index contributed by atoms with van der Waals surface area (Å²) < 4.78 is 10.9. The monoisotopic (exact) mass is 335 g/mol. The lowest BCUT2D eigenvalue weighted by molar-refractivity contribution is -0.150. The molecule has 0 radical (unpaired) electrons. The van der Waals surface area contributed by atoms with Gasteiger partial charge in [-0.25, -0.2) is 0 Å². The first kappa shape index (κ1) is 19.2. The summed E-state index contributed by atoms with van der Waals surface area (Å²) in [6.45, 7) is 2.41. The van der Waals surface area contributed by atoms with E-state index in [1.54, 1.807) is 6.92 Å². The van der Waals surface area contributed by atoms with Crippen molar-refractivity contribution in [1.82, 2.24) is 0 Å². The highest BCUT2D eigenvalue weighted by atomic mass is 35.5. The largest absolute Gasteiger partial charge is 0.460 e. The number of hydrogen-bond donors (Lipinski definition) is 1. The maximum Gasteiger partial charge on any atom is 0.325 e. The van der Waals surface area contributed by atoms with E-state index >= 15 is 0 Å². The molecule has 0 fully saturated rings. The van der Waals surface area contributed by atoms with Crippen molar-refractivity contribution in [3.8, 4) is 0 Å². The van der Waals surface area contributed by atoms with Crippen molar-refractivity contribution < 1.29 is 14.3 Å². The van der Waals surface area contributed by atoms with Crippen LogP contribution in [0.15, 0.2) is 60.7 Å². The Labute approximate surface area is 143 Å². The highest BCUT2D eigenvalue weighted by Crippen LogP contribution is 2.07. The van der Waals surface area contributed by atoms with Crippen LogP contribution in [-0.4, -0.2) is 18.1 Å². The smallest absolute Gasteiger partial charge is 0.325 e. The molecule has 2 aromatic rings. The zero-order valence-electron chi connectivity index (χ0n) is 13.1. The van der Waals surface area contributed by atoms with Crippen molar-refractivity contribution in [2.75, 3.05) is 0 Å². The molecule has 0 aliphatic heterocycles. The Morgan fingerprint density at radius 3 is 1.96 bits per heavy atom. The van der Waals surface area contributed by atoms with E-state index in [4.69, 9.17) is 15.2 Å². The van der Waals surface area contributed by atoms with Gasteiger partial charge in [-0.05, 0) is 18.1 Å². The average Bonchev–Trinajstić information content (AvgIpc) is 2.58. The Morgan fingerprint density at radius 2 is 1.43 bits per heavy atom. The molecule has 0 amide bonds. The van der Waals surface area contributed by atoms with Crippen LogP contribution in [0.5, 0.6) is 0 Å². The first-order valence-electron chi connectivity index (χ1n) is 7.28. The highest BCUT2D eigenvalue weighted by molar-refractivity contribution is 5.85. The molecule has 2 aromatic carbocycles. The van der Waals surface area contributed by atoms with Gasteiger partial charge in [-0.1, -0.05) is 60.7 Å². The Hall–Kier alpha value is -1.88. The molecule has 2 atom stereocenters. The van der Waals surface area contributed by atoms with E-state index in [0.29, 0.717) is 6.61 Å². The van der Waals surface area contributed by atoms with Crippen LogP contribution in [0.4, 0.5) is 0 Å². The van der Waals surface area contributed by atoms with Crippen molar-refractivity contribution in [2.24, 2.45) is 5.73 Å². The predicted octanol–water partition coefficient (Wildman–Crippen LogP) is 3.08. The molecule has 0 bridgehead atoms. The minimum atomic E-state index is -0.799. The molecule has 0 spiro atoms. The van der Waals surface area contributed by atoms with E-state index in [0.717, 1.165) is 11.1 Å². The molecule has 0 saturated heterocycles. The van der Waals surface area contributed by atoms with Gasteiger partial charge in [0, 0.05) is 0 Å². The lowest BCUT2D eigenvalue weighted by atomic mass is 10.2. The number of nitrogens with two attached hydrogens (primary N) is 1. The minimum Gasteiger partial charge on any atom is -0.460 e. The van der Waals surface area contributed by atoms with Crippen molar-refractivity contribution in [3.05, 3.63) is 71.8 Å². The fraction of sp³-hybridized carbons (Fsp3) is 0.278. The molecule has 0 aliphatic carbocycles. The molecule has 1 unspecified atom stereocenters. The second-order valence-corrected chi connectivity index (χ2v) is 5.12. The molecule has 0 aromatic heterocycles. The first-order valence-corrected chi connectivity index (χ1v) is 7.28. The number of benzene rings is 2. The molecule has 2 N–H and O–H groups in total. The van der Waals surface area contributed by atoms with E-state index in [2.05, 4.69) is 0 Å². The third-order valence-electron chi connectivity index (χ3n) is 3.36. The zero-order valence-corrected chi connectivity index (χ0v) is 13.9. The maximum absolute atomic E-state index is 11.9. The third kappa shape index (κ3) is 6.40. The normalized spacial score (nSPS) is 12.8. The summed E-state index contributed by atoms with van der Waals surface area (Å²) in [6.07, 6.45) is -0.413. The van der Waals surface area contributed by atoms with Gasteiger partial charge >= 0.3 is 5.97 Å². The quantitative estimate of drug-likeness (QED) is 0.790. The lowest BCUT2D eigenvalue weighted by Crippen LogP contribution is -2.42. The van der Waals surface area contributed by atoms with Crippen LogP contribution in [0, 0.1) is 0 Å².